The number of nitrogens with zero attached hydrogens (tertiary/aromatic N) is 8. The van der Waals surface area contributed by atoms with Gasteiger partial charge >= 0.3 is 12.1 Å². The average molecular weight is 644 g/mol. The van der Waals surface area contributed by atoms with Gasteiger partial charge < -0.3 is 19.7 Å². The maximum absolute atomic E-state index is 14.8. The van der Waals surface area contributed by atoms with Crippen LogP contribution in [0.3, 0.4) is 0 Å². The van der Waals surface area contributed by atoms with Crippen LogP contribution in [0.1, 0.15) is 50.5 Å². The number of fused-ring (bicyclic) bond motifs is 2. The normalized spacial score (nSPS) is 16.9. The van der Waals surface area contributed by atoms with E-state index in [1.807, 2.05) is 53.9 Å². The first kappa shape index (κ1) is 31.7. The average Bonchev–Trinajstić information content (AvgIpc) is 3.58. The zero-order valence-corrected chi connectivity index (χ0v) is 27.5. The van der Waals surface area contributed by atoms with Crippen LogP contribution in [-0.2, 0) is 25.4 Å². The number of benzene rings is 2. The summed E-state index contributed by atoms with van der Waals surface area (Å²) in [7, 11) is 3.52. The minimum Gasteiger partial charge on any atom is -0.458 e. The Balaban J connectivity index is 1.33. The van der Waals surface area contributed by atoms with Crippen molar-refractivity contribution in [3.63, 3.8) is 0 Å². The van der Waals surface area contributed by atoms with Crippen molar-refractivity contribution in [2.75, 3.05) is 23.3 Å². The molecule has 5 aromatic rings. The van der Waals surface area contributed by atoms with Crippen molar-refractivity contribution < 1.29 is 23.5 Å². The maximum atomic E-state index is 14.8. The van der Waals surface area contributed by atoms with E-state index in [0.717, 1.165) is 11.3 Å². The summed E-state index contributed by atoms with van der Waals surface area (Å²) in [5.41, 5.74) is 2.17. The van der Waals surface area contributed by atoms with Crippen LogP contribution >= 0.6 is 0 Å². The van der Waals surface area contributed by atoms with E-state index in [9.17, 15) is 14.0 Å². The van der Waals surface area contributed by atoms with E-state index in [1.54, 1.807) is 47.4 Å². The van der Waals surface area contributed by atoms with Crippen LogP contribution in [0.4, 0.5) is 20.6 Å². The number of rotatable bonds is 6. The lowest BCUT2D eigenvalue weighted by Crippen LogP contribution is -2.59. The van der Waals surface area contributed by atoms with Crippen LogP contribution < -0.4 is 15.0 Å². The fourth-order valence-electron chi connectivity index (χ4n) is 5.99. The molecule has 0 saturated carbocycles. The Morgan fingerprint density at radius 1 is 1.02 bits per heavy atom. The SMILES string of the molecule is C[C@@H]1CN(c2ccc(C(=O)Nc3cc(F)c4nn(C)cc4c3)c3nc(OCc4cnn(C)c4)ncc23)C[C@H](C)N1C(=O)OC(C)(C)C. The largest absolute Gasteiger partial charge is 0.458 e. The summed E-state index contributed by atoms with van der Waals surface area (Å²) in [5, 5.41) is 12.3. The Hall–Kier alpha value is -5.27. The monoisotopic (exact) mass is 643 g/mol. The fraction of sp³-hybridized carbons (Fsp3) is 0.394. The van der Waals surface area contributed by atoms with E-state index in [0.29, 0.717) is 29.4 Å². The zero-order chi connectivity index (χ0) is 33.6. The van der Waals surface area contributed by atoms with Gasteiger partial charge in [-0.15, -0.1) is 0 Å². The van der Waals surface area contributed by atoms with E-state index in [1.165, 1.54) is 10.7 Å². The van der Waals surface area contributed by atoms with Gasteiger partial charge in [0, 0.05) is 73.5 Å². The fourth-order valence-corrected chi connectivity index (χ4v) is 5.99. The number of anilines is 2. The summed E-state index contributed by atoms with van der Waals surface area (Å²) < 4.78 is 29.6. The molecular formula is C33H38FN9O4. The van der Waals surface area contributed by atoms with Crippen molar-refractivity contribution in [2.24, 2.45) is 14.1 Å². The molecule has 0 aliphatic carbocycles. The van der Waals surface area contributed by atoms with Crippen molar-refractivity contribution in [3.05, 3.63) is 66.0 Å². The molecule has 0 radical (unpaired) electrons. The summed E-state index contributed by atoms with van der Waals surface area (Å²) in [6.45, 7) is 10.7. The number of ether oxygens (including phenoxy) is 2. The number of carbonyl (C=O) groups excluding carboxylic acids is 2. The van der Waals surface area contributed by atoms with Gasteiger partial charge in [-0.05, 0) is 58.9 Å². The number of hydrogen-bond donors (Lipinski definition) is 1. The molecule has 47 heavy (non-hydrogen) atoms. The molecule has 2 aromatic carbocycles. The molecule has 1 fully saturated rings. The molecule has 0 spiro atoms. The molecule has 14 heteroatoms. The van der Waals surface area contributed by atoms with Crippen molar-refractivity contribution in [3.8, 4) is 6.01 Å². The molecule has 1 saturated heterocycles. The number of aromatic nitrogens is 6. The van der Waals surface area contributed by atoms with Gasteiger partial charge in [-0.3, -0.25) is 19.1 Å². The van der Waals surface area contributed by atoms with Crippen LogP contribution in [-0.4, -0.2) is 77.2 Å². The Morgan fingerprint density at radius 3 is 2.45 bits per heavy atom. The summed E-state index contributed by atoms with van der Waals surface area (Å²) >= 11 is 0. The maximum Gasteiger partial charge on any atom is 0.410 e. The van der Waals surface area contributed by atoms with Gasteiger partial charge in [0.2, 0.25) is 0 Å². The smallest absolute Gasteiger partial charge is 0.410 e. The second kappa shape index (κ2) is 12.2. The molecule has 246 valence electrons. The van der Waals surface area contributed by atoms with Crippen LogP contribution in [0.25, 0.3) is 21.8 Å². The molecule has 1 aliphatic rings. The lowest BCUT2D eigenvalue weighted by Gasteiger charge is -2.45. The Bertz CT molecular complexity index is 1970. The minimum atomic E-state index is -0.607. The minimum absolute atomic E-state index is 0.0897. The van der Waals surface area contributed by atoms with E-state index in [-0.39, 0.29) is 47.6 Å². The molecule has 2 amide bonds. The van der Waals surface area contributed by atoms with Gasteiger partial charge in [0.05, 0.1) is 29.4 Å². The lowest BCUT2D eigenvalue weighted by molar-refractivity contribution is 0.00566. The molecule has 4 heterocycles. The number of nitrogens with one attached hydrogen (secondary N) is 1. The number of amides is 2. The first-order valence-electron chi connectivity index (χ1n) is 15.4. The quantitative estimate of drug-likeness (QED) is 0.270. The third-order valence-corrected chi connectivity index (χ3v) is 7.87. The molecule has 13 nitrogen and oxygen atoms in total. The van der Waals surface area contributed by atoms with E-state index < -0.39 is 17.3 Å². The highest BCUT2D eigenvalue weighted by Crippen LogP contribution is 2.33. The second-order valence-electron chi connectivity index (χ2n) is 13.0. The van der Waals surface area contributed by atoms with Crippen LogP contribution in [0.5, 0.6) is 6.01 Å². The lowest BCUT2D eigenvalue weighted by atomic mass is 10.0. The van der Waals surface area contributed by atoms with Gasteiger partial charge in [0.1, 0.15) is 17.7 Å². The molecule has 3 aromatic heterocycles. The van der Waals surface area contributed by atoms with Crippen molar-refractivity contribution in [1.82, 2.24) is 34.4 Å². The molecular weight excluding hydrogens is 605 g/mol. The molecule has 2 atom stereocenters. The zero-order valence-electron chi connectivity index (χ0n) is 27.5. The highest BCUT2D eigenvalue weighted by molar-refractivity contribution is 6.14. The van der Waals surface area contributed by atoms with Crippen LogP contribution in [0, 0.1) is 5.82 Å². The first-order chi connectivity index (χ1) is 22.3. The van der Waals surface area contributed by atoms with Crippen molar-refractivity contribution >= 4 is 45.2 Å². The summed E-state index contributed by atoms with van der Waals surface area (Å²) in [6.07, 6.45) is 6.49. The standard InChI is InChI=1S/C33H38FN9O4/c1-19-14-42(15-20(2)43(19)32(45)47-33(3,4)5)27-9-8-24(30(44)37-23-10-22-17-41(7)39-28(22)26(34)11-23)29-25(27)13-35-31(38-29)46-18-21-12-36-40(6)16-21/h8-13,16-17,19-20H,14-15,18H2,1-7H3,(H,37,44)/t19-,20+. The molecule has 0 bridgehead atoms. The number of piperazine rings is 1. The van der Waals surface area contributed by atoms with Gasteiger partial charge in [-0.25, -0.2) is 14.2 Å². The Kier molecular flexibility index (Phi) is 8.20. The predicted octanol–water partition coefficient (Wildman–Crippen LogP) is 5.05. The molecule has 1 aliphatic heterocycles. The number of aryl methyl sites for hydroxylation is 2. The number of halogens is 1. The Labute approximate surface area is 271 Å². The summed E-state index contributed by atoms with van der Waals surface area (Å²) in [4.78, 5) is 39.9. The van der Waals surface area contributed by atoms with Gasteiger partial charge in [-0.2, -0.15) is 15.2 Å². The highest BCUT2D eigenvalue weighted by atomic mass is 19.1. The first-order valence-corrected chi connectivity index (χ1v) is 15.4. The highest BCUT2D eigenvalue weighted by Gasteiger charge is 2.36. The van der Waals surface area contributed by atoms with Gasteiger partial charge in [0.15, 0.2) is 5.82 Å². The second-order valence-corrected chi connectivity index (χ2v) is 13.0. The van der Waals surface area contributed by atoms with E-state index in [4.69, 9.17) is 9.47 Å². The predicted molar refractivity (Wildman–Crippen MR) is 175 cm³/mol. The van der Waals surface area contributed by atoms with Crippen LogP contribution in [0.2, 0.25) is 0 Å². The topological polar surface area (TPSA) is 133 Å². The van der Waals surface area contributed by atoms with Crippen LogP contribution in [0.15, 0.2) is 49.1 Å². The van der Waals surface area contributed by atoms with Crippen molar-refractivity contribution in [1.29, 1.82) is 0 Å². The van der Waals surface area contributed by atoms with Gasteiger partial charge in [0.25, 0.3) is 5.91 Å². The molecule has 0 unspecified atom stereocenters. The number of carbonyl (C=O) groups is 2. The molecule has 6 rings (SSSR count). The Morgan fingerprint density at radius 2 is 1.77 bits per heavy atom. The molecule has 1 N–H and O–H groups in total. The third kappa shape index (κ3) is 6.67. The van der Waals surface area contributed by atoms with E-state index >= 15 is 0 Å². The van der Waals surface area contributed by atoms with Crippen molar-refractivity contribution in [2.45, 2.75) is 58.9 Å². The number of hydrogen-bond acceptors (Lipinski definition) is 9. The summed E-state index contributed by atoms with van der Waals surface area (Å²) in [5.74, 6) is -1.02. The summed E-state index contributed by atoms with van der Waals surface area (Å²) in [6, 6.07) is 6.23. The van der Waals surface area contributed by atoms with Gasteiger partial charge in [-0.1, -0.05) is 0 Å². The van der Waals surface area contributed by atoms with E-state index in [2.05, 4.69) is 30.4 Å². The third-order valence-electron chi connectivity index (χ3n) is 7.87.